The van der Waals surface area contributed by atoms with Crippen LogP contribution in [0, 0.1) is 4.77 Å². The summed E-state index contributed by atoms with van der Waals surface area (Å²) in [5, 5.41) is 24.6. The van der Waals surface area contributed by atoms with E-state index >= 15 is 0 Å². The largest absolute Gasteiger partial charge is 0.504 e. The van der Waals surface area contributed by atoms with Crippen molar-refractivity contribution in [1.82, 2.24) is 15.0 Å². The second-order valence-electron chi connectivity index (χ2n) is 6.34. The van der Waals surface area contributed by atoms with Crippen LogP contribution in [0.25, 0.3) is 0 Å². The van der Waals surface area contributed by atoms with Crippen LogP contribution in [-0.2, 0) is 6.54 Å². The van der Waals surface area contributed by atoms with E-state index < -0.39 is 5.56 Å². The topological polar surface area (TPSA) is 112 Å². The Balaban J connectivity index is 1.91. The Morgan fingerprint density at radius 2 is 2.19 bits per heavy atom. The third kappa shape index (κ3) is 3.68. The Morgan fingerprint density at radius 3 is 2.89 bits per heavy atom. The zero-order chi connectivity index (χ0) is 19.6. The summed E-state index contributed by atoms with van der Waals surface area (Å²) in [7, 11) is 1.48. The van der Waals surface area contributed by atoms with Crippen LogP contribution in [0.5, 0.6) is 17.4 Å². The van der Waals surface area contributed by atoms with Crippen molar-refractivity contribution in [2.24, 2.45) is 5.10 Å². The van der Waals surface area contributed by atoms with Gasteiger partial charge >= 0.3 is 0 Å². The van der Waals surface area contributed by atoms with Crippen LogP contribution in [0.1, 0.15) is 43.4 Å². The summed E-state index contributed by atoms with van der Waals surface area (Å²) in [5.74, 6) is 0.241. The highest BCUT2D eigenvalue weighted by atomic mass is 32.1. The molecule has 0 saturated carbocycles. The van der Waals surface area contributed by atoms with Crippen molar-refractivity contribution in [2.75, 3.05) is 7.11 Å². The van der Waals surface area contributed by atoms with E-state index in [-0.39, 0.29) is 28.0 Å². The molecule has 0 fully saturated rings. The molecule has 1 aromatic heterocycles. The Labute approximate surface area is 161 Å². The lowest BCUT2D eigenvalue weighted by molar-refractivity contribution is 0.372. The molecule has 144 valence electrons. The zero-order valence-corrected chi connectivity index (χ0v) is 16.0. The number of phenolic OH excluding ortho intramolecular Hbond substituents is 1. The molecule has 0 saturated heterocycles. The van der Waals surface area contributed by atoms with E-state index in [0.717, 1.165) is 18.4 Å². The number of methoxy groups -OCH3 is 1. The molecule has 2 aromatic rings. The Kier molecular flexibility index (Phi) is 5.50. The molecule has 0 amide bonds. The van der Waals surface area contributed by atoms with Gasteiger partial charge in [-0.25, -0.2) is 0 Å². The minimum Gasteiger partial charge on any atom is -0.504 e. The van der Waals surface area contributed by atoms with Gasteiger partial charge < -0.3 is 20.4 Å². The van der Waals surface area contributed by atoms with Crippen LogP contribution in [0.4, 0.5) is 0 Å². The number of nitrogens with one attached hydrogen (secondary N) is 2. The van der Waals surface area contributed by atoms with Gasteiger partial charge in [-0.15, -0.1) is 0 Å². The number of aromatic hydroxyl groups is 2. The molecule has 0 aliphatic carbocycles. The van der Waals surface area contributed by atoms with E-state index in [1.54, 1.807) is 18.2 Å². The molecule has 9 heteroatoms. The molecular formula is C18H22N4O4S. The van der Waals surface area contributed by atoms with Gasteiger partial charge in [-0.1, -0.05) is 19.4 Å². The number of H-pyrrole nitrogens is 1. The van der Waals surface area contributed by atoms with Crippen molar-refractivity contribution in [3.63, 3.8) is 0 Å². The highest BCUT2D eigenvalue weighted by Gasteiger charge is 2.27. The van der Waals surface area contributed by atoms with Crippen molar-refractivity contribution in [2.45, 2.75) is 38.8 Å². The number of phenols is 1. The lowest BCUT2D eigenvalue weighted by atomic mass is 9.99. The molecule has 3 rings (SSSR count). The number of aromatic amines is 1. The predicted octanol–water partition coefficient (Wildman–Crippen LogP) is 2.56. The van der Waals surface area contributed by atoms with Gasteiger partial charge in [0.2, 0.25) is 5.88 Å². The summed E-state index contributed by atoms with van der Waals surface area (Å²) in [5.41, 5.74) is 3.93. The number of benzene rings is 1. The summed E-state index contributed by atoms with van der Waals surface area (Å²) in [6.07, 6.45) is 2.16. The van der Waals surface area contributed by atoms with Gasteiger partial charge in [0.05, 0.1) is 18.9 Å². The number of nitrogens with zero attached hydrogens (tertiary/aromatic N) is 2. The van der Waals surface area contributed by atoms with Crippen LogP contribution in [0.3, 0.4) is 0 Å². The summed E-state index contributed by atoms with van der Waals surface area (Å²) in [4.78, 5) is 15.0. The smallest absolute Gasteiger partial charge is 0.264 e. The molecule has 0 unspecified atom stereocenters. The molecule has 8 nitrogen and oxygen atoms in total. The Bertz CT molecular complexity index is 996. The first-order valence-electron chi connectivity index (χ1n) is 8.71. The number of ether oxygens (including phenoxy) is 1. The highest BCUT2D eigenvalue weighted by molar-refractivity contribution is 7.71. The lowest BCUT2D eigenvalue weighted by Gasteiger charge is -2.13. The fourth-order valence-electron chi connectivity index (χ4n) is 3.05. The zero-order valence-electron chi connectivity index (χ0n) is 15.2. The second kappa shape index (κ2) is 7.83. The van der Waals surface area contributed by atoms with E-state index in [0.29, 0.717) is 24.4 Å². The molecule has 27 heavy (non-hydrogen) atoms. The average Bonchev–Trinajstić information content (AvgIpc) is 3.11. The van der Waals surface area contributed by atoms with Crippen LogP contribution in [0.15, 0.2) is 28.1 Å². The highest BCUT2D eigenvalue weighted by Crippen LogP contribution is 2.32. The third-order valence-electron chi connectivity index (χ3n) is 4.55. The van der Waals surface area contributed by atoms with Gasteiger partial charge in [-0.2, -0.15) is 5.10 Å². The van der Waals surface area contributed by atoms with Crippen LogP contribution < -0.4 is 15.7 Å². The average molecular weight is 390 g/mol. The molecule has 1 aliphatic heterocycles. The van der Waals surface area contributed by atoms with Gasteiger partial charge in [0.25, 0.3) is 5.56 Å². The number of rotatable bonds is 6. The molecule has 0 bridgehead atoms. The summed E-state index contributed by atoms with van der Waals surface area (Å²) < 4.78 is 6.85. The molecule has 1 atom stereocenters. The van der Waals surface area contributed by atoms with Crippen molar-refractivity contribution >= 4 is 17.9 Å². The molecule has 4 N–H and O–H groups in total. The number of aromatic nitrogens is 2. The molecule has 2 heterocycles. The predicted molar refractivity (Wildman–Crippen MR) is 104 cm³/mol. The normalized spacial score (nSPS) is 16.1. The molecule has 0 spiro atoms. The minimum absolute atomic E-state index is 0.0486. The summed E-state index contributed by atoms with van der Waals surface area (Å²) in [6, 6.07) is 4.80. The van der Waals surface area contributed by atoms with Crippen molar-refractivity contribution in [3.05, 3.63) is 44.5 Å². The second-order valence-corrected chi connectivity index (χ2v) is 6.73. The Hall–Kier alpha value is -2.81. The third-order valence-corrected chi connectivity index (χ3v) is 4.88. The van der Waals surface area contributed by atoms with Crippen LogP contribution >= 0.6 is 12.2 Å². The Morgan fingerprint density at radius 1 is 1.41 bits per heavy atom. The van der Waals surface area contributed by atoms with Crippen molar-refractivity contribution in [3.8, 4) is 17.4 Å². The fraction of sp³-hybridized carbons (Fsp3) is 0.389. The van der Waals surface area contributed by atoms with Crippen molar-refractivity contribution < 1.29 is 14.9 Å². The fourth-order valence-corrected chi connectivity index (χ4v) is 3.32. The maximum atomic E-state index is 12.4. The standard InChI is InChI=1S/C18H22N4O4S/c1-3-4-7-22-17(25)15(16(24)19-18(22)27)12-9-11(20-21-12)10-5-6-13(23)14(8-10)26-2/h5-6,8,11,20,23,25H,3-4,7,9H2,1-2H3,(H,19,24,27)/t11-/m1/s1. The van der Waals surface area contributed by atoms with Gasteiger partial charge in [0.1, 0.15) is 5.56 Å². The first-order chi connectivity index (χ1) is 13.0. The molecule has 1 aliphatic rings. The van der Waals surface area contributed by atoms with Gasteiger partial charge in [0.15, 0.2) is 16.3 Å². The van der Waals surface area contributed by atoms with Gasteiger partial charge in [-0.05, 0) is 36.3 Å². The van der Waals surface area contributed by atoms with E-state index in [9.17, 15) is 15.0 Å². The number of hydrogen-bond acceptors (Lipinski definition) is 7. The van der Waals surface area contributed by atoms with Gasteiger partial charge in [-0.3, -0.25) is 14.3 Å². The summed E-state index contributed by atoms with van der Waals surface area (Å²) in [6.45, 7) is 2.55. The van der Waals surface area contributed by atoms with E-state index in [1.165, 1.54) is 11.7 Å². The molecular weight excluding hydrogens is 368 g/mol. The first-order valence-corrected chi connectivity index (χ1v) is 9.12. The van der Waals surface area contributed by atoms with Crippen LogP contribution in [-0.4, -0.2) is 32.6 Å². The lowest BCUT2D eigenvalue weighted by Crippen LogP contribution is -2.22. The summed E-state index contributed by atoms with van der Waals surface area (Å²) >= 11 is 5.17. The van der Waals surface area contributed by atoms with E-state index in [1.807, 2.05) is 6.92 Å². The SMILES string of the molecule is CCCCn1c(O)c(C2=NN[C@@H](c3ccc(O)c(OC)c3)C2)c(=O)[nH]c1=S. The number of unbranched alkanes of at least 4 members (excludes halogenated alkanes) is 1. The van der Waals surface area contributed by atoms with E-state index in [4.69, 9.17) is 17.0 Å². The van der Waals surface area contributed by atoms with Crippen molar-refractivity contribution in [1.29, 1.82) is 0 Å². The van der Waals surface area contributed by atoms with Gasteiger partial charge in [0, 0.05) is 13.0 Å². The molecule has 1 aromatic carbocycles. The van der Waals surface area contributed by atoms with Crippen LogP contribution in [0.2, 0.25) is 0 Å². The monoisotopic (exact) mass is 390 g/mol. The quantitative estimate of drug-likeness (QED) is 0.564. The number of hydrogen-bond donors (Lipinski definition) is 4. The first kappa shape index (κ1) is 19.0. The maximum Gasteiger partial charge on any atom is 0.264 e. The minimum atomic E-state index is -0.463. The molecule has 0 radical (unpaired) electrons. The van der Waals surface area contributed by atoms with E-state index in [2.05, 4.69) is 15.5 Å². The maximum absolute atomic E-state index is 12.4. The number of hydrazone groups is 1.